The van der Waals surface area contributed by atoms with Gasteiger partial charge in [0.25, 0.3) is 15.6 Å². The van der Waals surface area contributed by atoms with Gasteiger partial charge in [0.2, 0.25) is 0 Å². The van der Waals surface area contributed by atoms with E-state index in [1.54, 1.807) is 28.2 Å². The lowest BCUT2D eigenvalue weighted by Crippen LogP contribution is -2.16. The van der Waals surface area contributed by atoms with E-state index in [1.165, 1.54) is 34.5 Å². The first-order valence-electron chi connectivity index (χ1n) is 9.37. The number of rotatable bonds is 5. The summed E-state index contributed by atoms with van der Waals surface area (Å²) < 4.78 is 32.4. The van der Waals surface area contributed by atoms with Crippen LogP contribution in [0.2, 0.25) is 0 Å². The number of aromatic nitrogens is 3. The van der Waals surface area contributed by atoms with Crippen LogP contribution in [0.5, 0.6) is 0 Å². The molecule has 0 spiro atoms. The number of benzene rings is 3. The lowest BCUT2D eigenvalue weighted by atomic mass is 10.3. The summed E-state index contributed by atoms with van der Waals surface area (Å²) in [6.45, 7) is 0. The number of nitrogens with one attached hydrogen (secondary N) is 1. The zero-order chi connectivity index (χ0) is 21.4. The first-order chi connectivity index (χ1) is 15.0. The monoisotopic (exact) mass is 448 g/mol. The molecule has 1 N–H and O–H groups in total. The molecule has 3 aromatic carbocycles. The number of hydrogen-bond donors (Lipinski definition) is 1. The lowest BCUT2D eigenvalue weighted by molar-refractivity contribution is 0.600. The van der Waals surface area contributed by atoms with E-state index in [-0.39, 0.29) is 10.5 Å². The molecule has 0 bridgehead atoms. The Balaban J connectivity index is 1.45. The zero-order valence-corrected chi connectivity index (χ0v) is 17.7. The van der Waals surface area contributed by atoms with E-state index in [1.807, 2.05) is 48.5 Å². The maximum atomic E-state index is 12.9. The fraction of sp³-hybridized carbons (Fsp3) is 0. The molecule has 2 aromatic heterocycles. The third-order valence-corrected chi connectivity index (χ3v) is 7.24. The molecule has 0 unspecified atom stereocenters. The molecule has 0 aliphatic rings. The number of sulfonamides is 1. The standard InChI is InChI=1S/C22H16N4O3S2/c27-22-19-8-4-5-9-20(19)30-26(22)17-10-12-18(13-11-17)31(28,29)24-21-14-15-23-25(21)16-6-2-1-3-7-16/h1-15,24H. The van der Waals surface area contributed by atoms with Crippen molar-refractivity contribution in [3.05, 3.63) is 101 Å². The highest BCUT2D eigenvalue weighted by atomic mass is 32.2. The molecule has 0 saturated carbocycles. The van der Waals surface area contributed by atoms with Gasteiger partial charge in [-0.3, -0.25) is 9.52 Å². The molecule has 5 rings (SSSR count). The molecular weight excluding hydrogens is 432 g/mol. The second kappa shape index (κ2) is 7.53. The van der Waals surface area contributed by atoms with Crippen LogP contribution in [-0.2, 0) is 10.0 Å². The van der Waals surface area contributed by atoms with Crippen molar-refractivity contribution in [1.82, 2.24) is 13.7 Å². The SMILES string of the molecule is O=c1c2ccccc2sn1-c1ccc(S(=O)(=O)Nc2ccnn2-c2ccccc2)cc1. The van der Waals surface area contributed by atoms with Gasteiger partial charge in [0.15, 0.2) is 0 Å². The third kappa shape index (κ3) is 3.54. The first kappa shape index (κ1) is 19.3. The minimum absolute atomic E-state index is 0.0891. The minimum atomic E-state index is -3.84. The average molecular weight is 449 g/mol. The molecule has 0 amide bonds. The molecule has 154 valence electrons. The normalized spacial score (nSPS) is 11.6. The van der Waals surface area contributed by atoms with Crippen LogP contribution in [0.15, 0.2) is 101 Å². The van der Waals surface area contributed by atoms with Gasteiger partial charge in [-0.1, -0.05) is 41.9 Å². The number of fused-ring (bicyclic) bond motifs is 1. The Morgan fingerprint density at radius 1 is 0.806 bits per heavy atom. The van der Waals surface area contributed by atoms with Crippen molar-refractivity contribution in [3.8, 4) is 11.4 Å². The number of para-hydroxylation sites is 1. The maximum Gasteiger partial charge on any atom is 0.273 e. The molecule has 9 heteroatoms. The van der Waals surface area contributed by atoms with Crippen LogP contribution < -0.4 is 10.3 Å². The summed E-state index contributed by atoms with van der Waals surface area (Å²) in [6, 6.07) is 24.4. The first-order valence-corrected chi connectivity index (χ1v) is 11.6. The molecule has 0 aliphatic carbocycles. The van der Waals surface area contributed by atoms with E-state index in [2.05, 4.69) is 9.82 Å². The van der Waals surface area contributed by atoms with Crippen LogP contribution in [0, 0.1) is 0 Å². The Kier molecular flexibility index (Phi) is 4.68. The molecule has 2 heterocycles. The van der Waals surface area contributed by atoms with E-state index in [9.17, 15) is 13.2 Å². The second-order valence-electron chi connectivity index (χ2n) is 6.75. The fourth-order valence-corrected chi connectivity index (χ4v) is 5.30. The van der Waals surface area contributed by atoms with E-state index in [4.69, 9.17) is 0 Å². The molecular formula is C22H16N4O3S2. The van der Waals surface area contributed by atoms with Gasteiger partial charge in [-0.15, -0.1) is 0 Å². The number of hydrogen-bond acceptors (Lipinski definition) is 5. The van der Waals surface area contributed by atoms with Crippen molar-refractivity contribution in [1.29, 1.82) is 0 Å². The third-order valence-electron chi connectivity index (χ3n) is 4.76. The molecule has 0 aliphatic heterocycles. The Labute approximate surface area is 182 Å². The number of nitrogens with zero attached hydrogens (tertiary/aromatic N) is 3. The topological polar surface area (TPSA) is 86.0 Å². The Hall–Kier alpha value is -3.69. The second-order valence-corrected chi connectivity index (χ2v) is 9.42. The molecule has 0 radical (unpaired) electrons. The van der Waals surface area contributed by atoms with E-state index >= 15 is 0 Å². The Morgan fingerprint density at radius 3 is 2.26 bits per heavy atom. The summed E-state index contributed by atoms with van der Waals surface area (Å²) in [5.74, 6) is 0.330. The highest BCUT2D eigenvalue weighted by Crippen LogP contribution is 2.23. The maximum absolute atomic E-state index is 12.9. The molecule has 31 heavy (non-hydrogen) atoms. The molecule has 0 saturated heterocycles. The Bertz CT molecular complexity index is 1530. The van der Waals surface area contributed by atoms with Gasteiger partial charge in [0, 0.05) is 6.07 Å². The van der Waals surface area contributed by atoms with Gasteiger partial charge in [0.05, 0.1) is 32.6 Å². The average Bonchev–Trinajstić information content (AvgIpc) is 3.39. The summed E-state index contributed by atoms with van der Waals surface area (Å²) >= 11 is 1.32. The smallest absolute Gasteiger partial charge is 0.267 e. The van der Waals surface area contributed by atoms with Gasteiger partial charge < -0.3 is 0 Å². The van der Waals surface area contributed by atoms with Crippen molar-refractivity contribution >= 4 is 37.5 Å². The number of anilines is 1. The van der Waals surface area contributed by atoms with Gasteiger partial charge in [-0.25, -0.2) is 17.1 Å². The summed E-state index contributed by atoms with van der Waals surface area (Å²) in [6.07, 6.45) is 1.53. The summed E-state index contributed by atoms with van der Waals surface area (Å²) in [7, 11) is -3.84. The van der Waals surface area contributed by atoms with Crippen molar-refractivity contribution in [2.75, 3.05) is 4.72 Å². The highest BCUT2D eigenvalue weighted by Gasteiger charge is 2.18. The largest absolute Gasteiger partial charge is 0.273 e. The van der Waals surface area contributed by atoms with Crippen LogP contribution in [0.25, 0.3) is 21.5 Å². The predicted molar refractivity (Wildman–Crippen MR) is 122 cm³/mol. The van der Waals surface area contributed by atoms with Crippen LogP contribution in [0.3, 0.4) is 0 Å². The molecule has 5 aromatic rings. The minimum Gasteiger partial charge on any atom is -0.267 e. The Morgan fingerprint density at radius 2 is 1.52 bits per heavy atom. The van der Waals surface area contributed by atoms with Gasteiger partial charge in [-0.05, 0) is 48.5 Å². The van der Waals surface area contributed by atoms with E-state index in [0.717, 1.165) is 10.4 Å². The van der Waals surface area contributed by atoms with E-state index in [0.29, 0.717) is 16.9 Å². The van der Waals surface area contributed by atoms with Crippen molar-refractivity contribution < 1.29 is 8.42 Å². The fourth-order valence-electron chi connectivity index (χ4n) is 3.25. The quantitative estimate of drug-likeness (QED) is 0.440. The summed E-state index contributed by atoms with van der Waals surface area (Å²) in [5.41, 5.74) is 1.23. The molecule has 7 nitrogen and oxygen atoms in total. The lowest BCUT2D eigenvalue weighted by Gasteiger charge is -2.11. The van der Waals surface area contributed by atoms with Crippen molar-refractivity contribution in [2.45, 2.75) is 4.90 Å². The zero-order valence-electron chi connectivity index (χ0n) is 16.0. The predicted octanol–water partition coefficient (Wildman–Crippen LogP) is 4.04. The van der Waals surface area contributed by atoms with Gasteiger partial charge in [0.1, 0.15) is 5.82 Å². The van der Waals surface area contributed by atoms with Gasteiger partial charge in [-0.2, -0.15) is 5.10 Å². The van der Waals surface area contributed by atoms with Crippen LogP contribution in [-0.4, -0.2) is 22.2 Å². The molecule has 0 fully saturated rings. The highest BCUT2D eigenvalue weighted by molar-refractivity contribution is 7.92. The van der Waals surface area contributed by atoms with Gasteiger partial charge >= 0.3 is 0 Å². The van der Waals surface area contributed by atoms with Crippen LogP contribution >= 0.6 is 11.5 Å². The van der Waals surface area contributed by atoms with Crippen molar-refractivity contribution in [3.63, 3.8) is 0 Å². The van der Waals surface area contributed by atoms with Crippen LogP contribution in [0.1, 0.15) is 0 Å². The van der Waals surface area contributed by atoms with E-state index < -0.39 is 10.0 Å². The summed E-state index contributed by atoms with van der Waals surface area (Å²) in [4.78, 5) is 12.7. The molecule has 0 atom stereocenters. The summed E-state index contributed by atoms with van der Waals surface area (Å²) in [5, 5.41) is 4.84. The van der Waals surface area contributed by atoms with Crippen LogP contribution in [0.4, 0.5) is 5.82 Å². The van der Waals surface area contributed by atoms with Crippen molar-refractivity contribution in [2.24, 2.45) is 0 Å².